The van der Waals surface area contributed by atoms with Crippen LogP contribution in [0.2, 0.25) is 0 Å². The van der Waals surface area contributed by atoms with Gasteiger partial charge in [-0.2, -0.15) is 0 Å². The van der Waals surface area contributed by atoms with Gasteiger partial charge in [0.05, 0.1) is 0 Å². The Morgan fingerprint density at radius 2 is 1.40 bits per heavy atom. The quantitative estimate of drug-likeness (QED) is 0.378. The molecular formula is C26H20Cl2OTi. The van der Waals surface area contributed by atoms with Crippen molar-refractivity contribution >= 4 is 26.3 Å². The van der Waals surface area contributed by atoms with Crippen LogP contribution in [0.1, 0.15) is 28.2 Å². The summed E-state index contributed by atoms with van der Waals surface area (Å²) in [6.07, 6.45) is 2.36. The van der Waals surface area contributed by atoms with Gasteiger partial charge in [0.2, 0.25) is 0 Å². The molecular weight excluding hydrogens is 447 g/mol. The van der Waals surface area contributed by atoms with E-state index in [4.69, 9.17) is 3.32 Å². The Labute approximate surface area is 199 Å². The van der Waals surface area contributed by atoms with E-state index in [2.05, 4.69) is 97.1 Å². The molecule has 1 nitrogen and oxygen atoms in total. The summed E-state index contributed by atoms with van der Waals surface area (Å²) in [6, 6.07) is 32.8. The van der Waals surface area contributed by atoms with Crippen molar-refractivity contribution in [1.82, 2.24) is 0 Å². The minimum Gasteiger partial charge on any atom is -1.00 e. The van der Waals surface area contributed by atoms with Crippen molar-refractivity contribution in [3.63, 3.8) is 0 Å². The van der Waals surface area contributed by atoms with Gasteiger partial charge in [0, 0.05) is 0 Å². The first kappa shape index (κ1) is 22.8. The average molecular weight is 467 g/mol. The first-order chi connectivity index (χ1) is 13.9. The van der Waals surface area contributed by atoms with E-state index < -0.39 is 19.5 Å². The molecule has 0 saturated carbocycles. The maximum Gasteiger partial charge on any atom is -1.00 e. The molecule has 0 fully saturated rings. The van der Waals surface area contributed by atoms with Crippen molar-refractivity contribution in [2.45, 2.75) is 5.92 Å². The molecule has 0 aromatic heterocycles. The van der Waals surface area contributed by atoms with Crippen LogP contribution < -0.4 is 28.7 Å². The van der Waals surface area contributed by atoms with Gasteiger partial charge in [0.15, 0.2) is 0 Å². The first-order valence-corrected chi connectivity index (χ1v) is 11.0. The fourth-order valence-corrected chi connectivity index (χ4v) is 5.67. The number of halogens is 2. The second-order valence-corrected chi connectivity index (χ2v) is 8.82. The zero-order chi connectivity index (χ0) is 18.9. The maximum atomic E-state index is 5.77. The van der Waals surface area contributed by atoms with Crippen molar-refractivity contribution in [1.29, 1.82) is 0 Å². The molecule has 0 amide bonds. The minimum absolute atomic E-state index is 0. The molecule has 0 spiro atoms. The number of hydrogen-bond acceptors (Lipinski definition) is 1. The van der Waals surface area contributed by atoms with Crippen LogP contribution in [0, 0.1) is 0 Å². The van der Waals surface area contributed by atoms with Crippen molar-refractivity contribution in [2.24, 2.45) is 0 Å². The monoisotopic (exact) mass is 466 g/mol. The molecule has 0 heterocycles. The van der Waals surface area contributed by atoms with E-state index in [1.54, 1.807) is 0 Å². The molecule has 30 heavy (non-hydrogen) atoms. The van der Waals surface area contributed by atoms with Crippen LogP contribution >= 0.6 is 0 Å². The van der Waals surface area contributed by atoms with Gasteiger partial charge in [-0.1, -0.05) is 0 Å². The summed E-state index contributed by atoms with van der Waals surface area (Å²) < 4.78 is 7.18. The topological polar surface area (TPSA) is 9.23 Å². The third-order valence-electron chi connectivity index (χ3n) is 5.51. The molecule has 0 N–H and O–H groups in total. The zero-order valence-corrected chi connectivity index (χ0v) is 19.6. The summed E-state index contributed by atoms with van der Waals surface area (Å²) >= 11 is -0.673. The van der Waals surface area contributed by atoms with Crippen LogP contribution in [0.5, 0.6) is 0 Å². The summed E-state index contributed by atoms with van der Waals surface area (Å²) in [4.78, 5) is 0. The SMILES string of the molecule is C[O][Ti+2][c]1c(C2C(c3ccccc3)=Cc3ccccc32)ccc2ccccc12.[Cl-].[Cl-]. The largest absolute Gasteiger partial charge is 1.00 e. The van der Waals surface area contributed by atoms with Gasteiger partial charge in [-0.05, 0) is 0 Å². The van der Waals surface area contributed by atoms with Gasteiger partial charge in [-0.15, -0.1) is 0 Å². The molecule has 5 rings (SSSR count). The molecule has 4 heteroatoms. The predicted octanol–water partition coefficient (Wildman–Crippen LogP) is -0.197. The van der Waals surface area contributed by atoms with E-state index >= 15 is 0 Å². The van der Waals surface area contributed by atoms with Crippen LogP contribution in [0.3, 0.4) is 0 Å². The zero-order valence-electron chi connectivity index (χ0n) is 16.5. The van der Waals surface area contributed by atoms with Crippen LogP contribution in [0.25, 0.3) is 22.4 Å². The maximum absolute atomic E-state index is 5.77. The van der Waals surface area contributed by atoms with Crippen molar-refractivity contribution in [3.8, 4) is 0 Å². The van der Waals surface area contributed by atoms with Crippen LogP contribution in [0.4, 0.5) is 0 Å². The van der Waals surface area contributed by atoms with E-state index in [1.807, 2.05) is 7.11 Å². The standard InChI is InChI=1S/C25H17.CH3O.2ClH.Ti/c1-2-9-19(10-3-1)24-17-21-12-6-7-13-23(21)25(24)22-15-14-18-8-4-5-11-20(18)16-22;1-2;;;/h1-15,17,25H;1H3;2*1H;/q;-1;;;+3/p-2. The van der Waals surface area contributed by atoms with E-state index in [0.717, 1.165) is 0 Å². The Bertz CT molecular complexity index is 1190. The minimum atomic E-state index is -0.673. The molecule has 4 aromatic rings. The summed E-state index contributed by atoms with van der Waals surface area (Å²) in [5.41, 5.74) is 6.77. The smallest absolute Gasteiger partial charge is 1.00 e. The third kappa shape index (κ3) is 4.01. The Hall–Kier alpha value is -1.87. The summed E-state index contributed by atoms with van der Waals surface area (Å²) in [7, 11) is 1.84. The fourth-order valence-electron chi connectivity index (χ4n) is 4.28. The molecule has 0 aliphatic heterocycles. The van der Waals surface area contributed by atoms with Crippen molar-refractivity contribution < 1.29 is 47.7 Å². The number of benzene rings is 4. The van der Waals surface area contributed by atoms with Gasteiger partial charge in [0.25, 0.3) is 0 Å². The normalized spacial score (nSPS) is 14.2. The molecule has 0 bridgehead atoms. The van der Waals surface area contributed by atoms with E-state index in [-0.39, 0.29) is 30.7 Å². The van der Waals surface area contributed by atoms with Crippen LogP contribution in [-0.4, -0.2) is 7.11 Å². The number of hydrogen-bond donors (Lipinski definition) is 0. The Balaban J connectivity index is 0.00000128. The van der Waals surface area contributed by atoms with Gasteiger partial charge >= 0.3 is 175 Å². The molecule has 4 aromatic carbocycles. The number of fused-ring (bicyclic) bond motifs is 2. The van der Waals surface area contributed by atoms with Gasteiger partial charge < -0.3 is 24.8 Å². The van der Waals surface area contributed by atoms with Crippen LogP contribution in [-0.2, 0) is 22.9 Å². The predicted molar refractivity (Wildman–Crippen MR) is 113 cm³/mol. The molecule has 0 radical (unpaired) electrons. The second kappa shape index (κ2) is 9.96. The Morgan fingerprint density at radius 3 is 2.20 bits per heavy atom. The fraction of sp³-hybridized carbons (Fsp3) is 0.0769. The first-order valence-electron chi connectivity index (χ1n) is 9.53. The number of rotatable bonds is 4. The van der Waals surface area contributed by atoms with E-state index in [9.17, 15) is 0 Å². The Morgan fingerprint density at radius 1 is 0.700 bits per heavy atom. The molecule has 1 unspecified atom stereocenters. The van der Waals surface area contributed by atoms with Gasteiger partial charge in [-0.3, -0.25) is 0 Å². The van der Waals surface area contributed by atoms with Gasteiger partial charge in [0.1, 0.15) is 0 Å². The van der Waals surface area contributed by atoms with E-state index in [0.29, 0.717) is 0 Å². The number of allylic oxidation sites excluding steroid dienone is 1. The van der Waals surface area contributed by atoms with Crippen molar-refractivity contribution in [2.75, 3.05) is 7.11 Å². The van der Waals surface area contributed by atoms with E-state index in [1.165, 1.54) is 42.5 Å². The summed E-state index contributed by atoms with van der Waals surface area (Å²) in [5.74, 6) is 0.247. The van der Waals surface area contributed by atoms with Crippen LogP contribution in [0.15, 0.2) is 91.0 Å². The molecule has 0 saturated heterocycles. The molecule has 148 valence electrons. The molecule has 1 aliphatic carbocycles. The molecule has 1 aliphatic rings. The summed E-state index contributed by atoms with van der Waals surface area (Å²) in [6.45, 7) is 0. The van der Waals surface area contributed by atoms with Gasteiger partial charge in [-0.25, -0.2) is 0 Å². The third-order valence-corrected chi connectivity index (χ3v) is 7.02. The van der Waals surface area contributed by atoms with Crippen molar-refractivity contribution in [3.05, 3.63) is 113 Å². The second-order valence-electron chi connectivity index (χ2n) is 7.08. The average Bonchev–Trinajstić information content (AvgIpc) is 3.14. The Kier molecular flexibility index (Phi) is 7.57. The molecule has 1 atom stereocenters. The summed E-state index contributed by atoms with van der Waals surface area (Å²) in [5, 5.41) is 2.62.